The number of amides is 2. The number of imidazole rings is 1. The van der Waals surface area contributed by atoms with Crippen molar-refractivity contribution in [2.24, 2.45) is 0 Å². The molecule has 2 amide bonds. The minimum atomic E-state index is -5.05. The minimum Gasteiger partial charge on any atom is -0.455 e. The molecule has 0 aliphatic heterocycles. The van der Waals surface area contributed by atoms with E-state index >= 15 is 0 Å². The van der Waals surface area contributed by atoms with Crippen molar-refractivity contribution in [2.45, 2.75) is 25.7 Å². The lowest BCUT2D eigenvalue weighted by Gasteiger charge is -2.21. The maximum atomic E-state index is 14.0. The number of nitrogens with zero attached hydrogens (tertiary/aromatic N) is 1. The molecule has 35 heavy (non-hydrogen) atoms. The Labute approximate surface area is 193 Å². The van der Waals surface area contributed by atoms with Gasteiger partial charge in [-0.2, -0.15) is 13.2 Å². The van der Waals surface area contributed by atoms with E-state index in [2.05, 4.69) is 20.6 Å². The molecule has 0 radical (unpaired) electrons. The van der Waals surface area contributed by atoms with Gasteiger partial charge in [-0.15, -0.1) is 0 Å². The highest BCUT2D eigenvalue weighted by atomic mass is 19.4. The van der Waals surface area contributed by atoms with Crippen molar-refractivity contribution in [1.82, 2.24) is 15.3 Å². The second-order valence-electron chi connectivity index (χ2n) is 7.59. The maximum absolute atomic E-state index is 14.0. The van der Waals surface area contributed by atoms with Crippen LogP contribution >= 0.6 is 0 Å². The Morgan fingerprint density at radius 1 is 1.09 bits per heavy atom. The molecule has 2 heterocycles. The fourth-order valence-electron chi connectivity index (χ4n) is 3.47. The summed E-state index contributed by atoms with van der Waals surface area (Å²) in [4.78, 5) is 19.1. The first-order chi connectivity index (χ1) is 16.5. The van der Waals surface area contributed by atoms with Gasteiger partial charge in [0.2, 0.25) is 0 Å². The second kappa shape index (κ2) is 9.24. The van der Waals surface area contributed by atoms with Gasteiger partial charge in [-0.05, 0) is 31.2 Å². The number of aryl methyl sites for hydroxylation is 1. The number of aromatic nitrogens is 2. The number of carbonyl (C=O) groups is 1. The third-order valence-corrected chi connectivity index (χ3v) is 5.05. The number of anilines is 2. The van der Waals surface area contributed by atoms with Gasteiger partial charge < -0.3 is 25.4 Å². The lowest BCUT2D eigenvalue weighted by Crippen LogP contribution is -2.40. The number of carbonyl (C=O) groups excluding carboxylic acids is 1. The molecular formula is C22H17F6N5O2. The standard InChI is InChI=1S/C22H17F6N5O2/c1-10-16-4-12(24)5-17(25)19(16)35-18(10)20(22(26,27)28)33-21(34)32-14-3-11(23)2-13(6-14)30-8-15-7-29-9-31-15/h2-7,9,20,30H,8H2,1H3,(H,29,31)(H2,32,33,34)/t20-/m1/s1. The van der Waals surface area contributed by atoms with Gasteiger partial charge in [-0.3, -0.25) is 0 Å². The number of H-pyrrole nitrogens is 1. The Kier molecular flexibility index (Phi) is 6.33. The number of rotatable bonds is 6. The largest absolute Gasteiger partial charge is 0.455 e. The van der Waals surface area contributed by atoms with Crippen LogP contribution in [0.5, 0.6) is 0 Å². The molecule has 184 valence electrons. The molecule has 0 aliphatic rings. The van der Waals surface area contributed by atoms with E-state index in [-0.39, 0.29) is 28.9 Å². The molecule has 7 nitrogen and oxygen atoms in total. The number of fused-ring (bicyclic) bond motifs is 1. The Morgan fingerprint density at radius 3 is 2.49 bits per heavy atom. The fraction of sp³-hybridized carbons (Fsp3) is 0.182. The number of urea groups is 1. The molecule has 0 unspecified atom stereocenters. The Morgan fingerprint density at radius 2 is 1.80 bits per heavy atom. The highest BCUT2D eigenvalue weighted by molar-refractivity contribution is 5.90. The Hall–Kier alpha value is -4.16. The quantitative estimate of drug-likeness (QED) is 0.249. The number of furan rings is 1. The van der Waals surface area contributed by atoms with E-state index in [1.165, 1.54) is 25.5 Å². The molecule has 4 rings (SSSR count). The van der Waals surface area contributed by atoms with Gasteiger partial charge in [-0.1, -0.05) is 0 Å². The number of halogens is 6. The Balaban J connectivity index is 1.55. The summed E-state index contributed by atoms with van der Waals surface area (Å²) >= 11 is 0. The number of nitrogens with one attached hydrogen (secondary N) is 4. The molecule has 2 aromatic heterocycles. The molecule has 2 aromatic carbocycles. The third kappa shape index (κ3) is 5.34. The van der Waals surface area contributed by atoms with Crippen molar-refractivity contribution in [3.8, 4) is 0 Å². The van der Waals surface area contributed by atoms with E-state index < -0.39 is 47.0 Å². The van der Waals surface area contributed by atoms with Gasteiger partial charge in [0.1, 0.15) is 17.4 Å². The summed E-state index contributed by atoms with van der Waals surface area (Å²) in [6, 6.07) is 0.635. The van der Waals surface area contributed by atoms with Gasteiger partial charge >= 0.3 is 12.2 Å². The van der Waals surface area contributed by atoms with Crippen molar-refractivity contribution in [3.05, 3.63) is 77.3 Å². The first-order valence-electron chi connectivity index (χ1n) is 10.0. The van der Waals surface area contributed by atoms with Crippen LogP contribution in [0.25, 0.3) is 11.0 Å². The molecule has 4 N–H and O–H groups in total. The van der Waals surface area contributed by atoms with Crippen LogP contribution in [0.2, 0.25) is 0 Å². The van der Waals surface area contributed by atoms with Crippen LogP contribution in [0.3, 0.4) is 0 Å². The third-order valence-electron chi connectivity index (χ3n) is 5.05. The average Bonchev–Trinajstić information content (AvgIpc) is 3.38. The molecule has 13 heteroatoms. The van der Waals surface area contributed by atoms with Crippen LogP contribution < -0.4 is 16.0 Å². The molecular weight excluding hydrogens is 480 g/mol. The molecule has 0 saturated heterocycles. The van der Waals surface area contributed by atoms with E-state index in [4.69, 9.17) is 4.42 Å². The fourth-order valence-corrected chi connectivity index (χ4v) is 3.47. The van der Waals surface area contributed by atoms with E-state index in [0.717, 1.165) is 18.2 Å². The number of benzene rings is 2. The zero-order chi connectivity index (χ0) is 25.3. The first kappa shape index (κ1) is 24.0. The number of hydrogen-bond acceptors (Lipinski definition) is 4. The first-order valence-corrected chi connectivity index (χ1v) is 10.0. The minimum absolute atomic E-state index is 0.134. The topological polar surface area (TPSA) is 95.0 Å². The molecule has 0 saturated carbocycles. The zero-order valence-corrected chi connectivity index (χ0v) is 17.9. The summed E-state index contributed by atoms with van der Waals surface area (Å²) < 4.78 is 88.0. The van der Waals surface area contributed by atoms with Gasteiger partial charge in [0.05, 0.1) is 18.6 Å². The average molecular weight is 497 g/mol. The number of aromatic amines is 1. The van der Waals surface area contributed by atoms with E-state index in [9.17, 15) is 31.1 Å². The smallest absolute Gasteiger partial charge is 0.416 e. The van der Waals surface area contributed by atoms with Gasteiger partial charge in [0.15, 0.2) is 17.4 Å². The van der Waals surface area contributed by atoms with E-state index in [1.54, 1.807) is 5.32 Å². The van der Waals surface area contributed by atoms with Crippen molar-refractivity contribution in [2.75, 3.05) is 10.6 Å². The molecule has 1 atom stereocenters. The predicted molar refractivity (Wildman–Crippen MR) is 114 cm³/mol. The van der Waals surface area contributed by atoms with Crippen LogP contribution in [0.15, 0.2) is 47.3 Å². The van der Waals surface area contributed by atoms with Gasteiger partial charge in [-0.25, -0.2) is 22.9 Å². The molecule has 4 aromatic rings. The van der Waals surface area contributed by atoms with Crippen LogP contribution in [-0.2, 0) is 6.54 Å². The Bertz CT molecular complexity index is 1370. The van der Waals surface area contributed by atoms with E-state index in [1.807, 2.05) is 0 Å². The summed E-state index contributed by atoms with van der Waals surface area (Å²) in [5, 5.41) is 6.52. The van der Waals surface area contributed by atoms with Crippen molar-refractivity contribution in [1.29, 1.82) is 0 Å². The van der Waals surface area contributed by atoms with Crippen molar-refractivity contribution >= 4 is 28.4 Å². The monoisotopic (exact) mass is 497 g/mol. The highest BCUT2D eigenvalue weighted by Crippen LogP contribution is 2.39. The maximum Gasteiger partial charge on any atom is 0.416 e. The van der Waals surface area contributed by atoms with Crippen molar-refractivity contribution in [3.63, 3.8) is 0 Å². The van der Waals surface area contributed by atoms with Gasteiger partial charge in [0, 0.05) is 34.6 Å². The number of alkyl halides is 3. The van der Waals surface area contributed by atoms with Crippen LogP contribution in [0.1, 0.15) is 23.1 Å². The summed E-state index contributed by atoms with van der Waals surface area (Å²) in [6.45, 7) is 1.43. The lowest BCUT2D eigenvalue weighted by molar-refractivity contribution is -0.158. The summed E-state index contributed by atoms with van der Waals surface area (Å²) in [5.41, 5.74) is 0.0236. The summed E-state index contributed by atoms with van der Waals surface area (Å²) in [6.07, 6.45) is -2.06. The normalized spacial score (nSPS) is 12.5. The van der Waals surface area contributed by atoms with Crippen LogP contribution in [-0.4, -0.2) is 22.2 Å². The van der Waals surface area contributed by atoms with Gasteiger partial charge in [0.25, 0.3) is 0 Å². The molecule has 0 aliphatic carbocycles. The number of hydrogen-bond donors (Lipinski definition) is 4. The predicted octanol–water partition coefficient (Wildman–Crippen LogP) is 5.92. The zero-order valence-electron chi connectivity index (χ0n) is 17.9. The molecule has 0 fully saturated rings. The highest BCUT2D eigenvalue weighted by Gasteiger charge is 2.45. The van der Waals surface area contributed by atoms with Crippen LogP contribution in [0.4, 0.5) is 42.5 Å². The molecule has 0 spiro atoms. The van der Waals surface area contributed by atoms with Crippen molar-refractivity contribution < 1.29 is 35.6 Å². The second-order valence-corrected chi connectivity index (χ2v) is 7.59. The SMILES string of the molecule is Cc1c([C@@H](NC(=O)Nc2cc(F)cc(NCc3cnc[nH]3)c2)C(F)(F)F)oc2c(F)cc(F)cc12. The summed E-state index contributed by atoms with van der Waals surface area (Å²) in [7, 11) is 0. The van der Waals surface area contributed by atoms with Crippen LogP contribution in [0, 0.1) is 24.4 Å². The lowest BCUT2D eigenvalue weighted by atomic mass is 10.1. The van der Waals surface area contributed by atoms with E-state index in [0.29, 0.717) is 11.8 Å². The molecule has 0 bridgehead atoms. The summed E-state index contributed by atoms with van der Waals surface area (Å²) in [5.74, 6) is -3.75.